The minimum absolute atomic E-state index is 0.134. The van der Waals surface area contributed by atoms with Crippen LogP contribution in [0.4, 0.5) is 5.69 Å². The minimum atomic E-state index is -3.57. The average Bonchev–Trinajstić information content (AvgIpc) is 3.24. The maximum atomic E-state index is 12.9. The number of nitrogens with zero attached hydrogens (tertiary/aromatic N) is 1. The van der Waals surface area contributed by atoms with Crippen LogP contribution in [0, 0.1) is 13.8 Å². The summed E-state index contributed by atoms with van der Waals surface area (Å²) >= 11 is 0. The minimum Gasteiger partial charge on any atom is -0.358 e. The van der Waals surface area contributed by atoms with E-state index in [1.165, 1.54) is 12.1 Å². The molecule has 188 valence electrons. The van der Waals surface area contributed by atoms with Gasteiger partial charge in [0, 0.05) is 35.7 Å². The Bertz CT molecular complexity index is 1300. The quantitative estimate of drug-likeness (QED) is 0.343. The number of amides is 2. The number of carbonyl (C=O) groups is 2. The van der Waals surface area contributed by atoms with Crippen molar-refractivity contribution in [1.82, 2.24) is 15.2 Å². The third-order valence-electron chi connectivity index (χ3n) is 6.17. The smallest absolute Gasteiger partial charge is 0.256 e. The molecule has 0 fully saturated rings. The van der Waals surface area contributed by atoms with Crippen LogP contribution in [0.5, 0.6) is 0 Å². The van der Waals surface area contributed by atoms with Crippen molar-refractivity contribution in [1.29, 1.82) is 0 Å². The van der Waals surface area contributed by atoms with E-state index in [-0.39, 0.29) is 22.5 Å². The molecule has 9 heteroatoms. The first-order valence-electron chi connectivity index (χ1n) is 11.7. The van der Waals surface area contributed by atoms with Crippen LogP contribution in [-0.2, 0) is 14.6 Å². The van der Waals surface area contributed by atoms with Gasteiger partial charge in [0.25, 0.3) is 11.8 Å². The van der Waals surface area contributed by atoms with Gasteiger partial charge in [0.15, 0.2) is 9.84 Å². The maximum Gasteiger partial charge on any atom is 0.256 e. The summed E-state index contributed by atoms with van der Waals surface area (Å²) in [5.41, 5.74) is 4.53. The topological polar surface area (TPSA) is 111 Å². The second-order valence-corrected chi connectivity index (χ2v) is 10.9. The SMILES string of the molecule is C=C(C)CS(=O)(=O)c1ccc2c(c1)/C(=C/c1[nH]c(C)c(C(=O)NCCN(CC)CC)c1C)C(=O)N2. The Balaban J connectivity index is 1.91. The van der Waals surface area contributed by atoms with Crippen LogP contribution in [0.2, 0.25) is 0 Å². The molecule has 1 aliphatic heterocycles. The van der Waals surface area contributed by atoms with E-state index in [0.717, 1.165) is 25.2 Å². The molecule has 1 aromatic carbocycles. The average molecular weight is 499 g/mol. The molecular weight excluding hydrogens is 464 g/mol. The van der Waals surface area contributed by atoms with Crippen molar-refractivity contribution < 1.29 is 18.0 Å². The Kier molecular flexibility index (Phi) is 8.02. The molecular formula is C26H34N4O4S. The first kappa shape index (κ1) is 26.4. The van der Waals surface area contributed by atoms with Crippen LogP contribution < -0.4 is 10.6 Å². The monoisotopic (exact) mass is 498 g/mol. The Morgan fingerprint density at radius 1 is 1.20 bits per heavy atom. The van der Waals surface area contributed by atoms with Gasteiger partial charge in [0.05, 0.1) is 21.8 Å². The number of aryl methyl sites for hydroxylation is 1. The Labute approximate surface area is 207 Å². The van der Waals surface area contributed by atoms with E-state index in [1.54, 1.807) is 19.1 Å². The number of hydrogen-bond donors (Lipinski definition) is 3. The number of likely N-dealkylation sites (N-methyl/N-ethyl adjacent to an activating group) is 1. The zero-order valence-electron chi connectivity index (χ0n) is 21.0. The molecule has 2 aromatic rings. The molecule has 2 heterocycles. The molecule has 0 spiro atoms. The van der Waals surface area contributed by atoms with Crippen molar-refractivity contribution in [3.63, 3.8) is 0 Å². The number of fused-ring (bicyclic) bond motifs is 1. The van der Waals surface area contributed by atoms with E-state index >= 15 is 0 Å². The number of anilines is 1. The lowest BCUT2D eigenvalue weighted by atomic mass is 10.0. The molecule has 0 aliphatic carbocycles. The highest BCUT2D eigenvalue weighted by Crippen LogP contribution is 2.36. The summed E-state index contributed by atoms with van der Waals surface area (Å²) in [5.74, 6) is -0.655. The van der Waals surface area contributed by atoms with Gasteiger partial charge in [-0.3, -0.25) is 9.59 Å². The molecule has 0 saturated carbocycles. The lowest BCUT2D eigenvalue weighted by Gasteiger charge is -2.18. The van der Waals surface area contributed by atoms with Crippen LogP contribution >= 0.6 is 0 Å². The van der Waals surface area contributed by atoms with Crippen molar-refractivity contribution in [2.45, 2.75) is 39.5 Å². The molecule has 0 atom stereocenters. The van der Waals surface area contributed by atoms with Crippen LogP contribution in [0.15, 0.2) is 35.2 Å². The summed E-state index contributed by atoms with van der Waals surface area (Å²) in [6.45, 7) is 16.3. The van der Waals surface area contributed by atoms with Gasteiger partial charge in [-0.1, -0.05) is 26.0 Å². The Morgan fingerprint density at radius 3 is 2.51 bits per heavy atom. The van der Waals surface area contributed by atoms with Crippen LogP contribution in [0.1, 0.15) is 53.6 Å². The van der Waals surface area contributed by atoms with Crippen LogP contribution in [-0.4, -0.2) is 62.0 Å². The number of aromatic nitrogens is 1. The fourth-order valence-electron chi connectivity index (χ4n) is 4.27. The second-order valence-electron chi connectivity index (χ2n) is 8.88. The van der Waals surface area contributed by atoms with Gasteiger partial charge >= 0.3 is 0 Å². The molecule has 3 N–H and O–H groups in total. The van der Waals surface area contributed by atoms with Crippen molar-refractivity contribution in [2.24, 2.45) is 0 Å². The predicted octanol–water partition coefficient (Wildman–Crippen LogP) is 3.55. The van der Waals surface area contributed by atoms with Crippen molar-refractivity contribution in [3.05, 3.63) is 58.4 Å². The highest BCUT2D eigenvalue weighted by Gasteiger charge is 2.28. The van der Waals surface area contributed by atoms with E-state index in [4.69, 9.17) is 0 Å². The summed E-state index contributed by atoms with van der Waals surface area (Å²) in [5, 5.41) is 5.76. The normalized spacial score (nSPS) is 14.3. The lowest BCUT2D eigenvalue weighted by Crippen LogP contribution is -2.35. The highest BCUT2D eigenvalue weighted by atomic mass is 32.2. The van der Waals surface area contributed by atoms with E-state index in [9.17, 15) is 18.0 Å². The predicted molar refractivity (Wildman–Crippen MR) is 140 cm³/mol. The standard InChI is InChI=1S/C26H34N4O4S/c1-7-30(8-2)12-11-27-26(32)24-17(5)23(28-18(24)6)14-21-20-13-19(35(33,34)15-16(3)4)9-10-22(20)29-25(21)31/h9-10,13-14,28H,3,7-8,11-12,15H2,1-2,4-6H3,(H,27,32)(H,29,31)/b21-14-. The largest absolute Gasteiger partial charge is 0.358 e. The number of hydrogen-bond acceptors (Lipinski definition) is 5. The summed E-state index contributed by atoms with van der Waals surface area (Å²) in [6, 6.07) is 4.61. The number of benzene rings is 1. The van der Waals surface area contributed by atoms with Gasteiger partial charge in [0.1, 0.15) is 0 Å². The zero-order chi connectivity index (χ0) is 25.9. The zero-order valence-corrected chi connectivity index (χ0v) is 21.9. The molecule has 3 rings (SSSR count). The molecule has 0 bridgehead atoms. The molecule has 0 unspecified atom stereocenters. The summed E-state index contributed by atoms with van der Waals surface area (Å²) in [4.78, 5) is 31.2. The van der Waals surface area contributed by atoms with Crippen molar-refractivity contribution in [2.75, 3.05) is 37.2 Å². The van der Waals surface area contributed by atoms with E-state index in [0.29, 0.717) is 45.9 Å². The number of nitrogens with one attached hydrogen (secondary N) is 3. The Morgan fingerprint density at radius 2 is 1.89 bits per heavy atom. The van der Waals surface area contributed by atoms with Gasteiger partial charge in [0.2, 0.25) is 0 Å². The fraction of sp³-hybridized carbons (Fsp3) is 0.385. The fourth-order valence-corrected chi connectivity index (χ4v) is 5.66. The highest BCUT2D eigenvalue weighted by molar-refractivity contribution is 7.91. The number of sulfone groups is 1. The van der Waals surface area contributed by atoms with Crippen LogP contribution in [0.3, 0.4) is 0 Å². The van der Waals surface area contributed by atoms with E-state index < -0.39 is 9.84 Å². The van der Waals surface area contributed by atoms with Crippen molar-refractivity contribution in [3.8, 4) is 0 Å². The third kappa shape index (κ3) is 5.74. The third-order valence-corrected chi connectivity index (χ3v) is 8.01. The molecule has 8 nitrogen and oxygen atoms in total. The second kappa shape index (κ2) is 10.6. The van der Waals surface area contributed by atoms with Crippen LogP contribution in [0.25, 0.3) is 11.6 Å². The summed E-state index contributed by atoms with van der Waals surface area (Å²) < 4.78 is 25.4. The number of rotatable bonds is 10. The molecule has 1 aromatic heterocycles. The van der Waals surface area contributed by atoms with Gasteiger partial charge in [-0.05, 0) is 63.7 Å². The number of carbonyl (C=O) groups excluding carboxylic acids is 2. The Hall–Kier alpha value is -3.17. The molecule has 0 saturated heterocycles. The van der Waals surface area contributed by atoms with Gasteiger partial charge in [-0.25, -0.2) is 8.42 Å². The lowest BCUT2D eigenvalue weighted by molar-refractivity contribution is -0.110. The maximum absolute atomic E-state index is 12.9. The first-order valence-corrected chi connectivity index (χ1v) is 13.4. The van der Waals surface area contributed by atoms with Gasteiger partial charge in [-0.2, -0.15) is 0 Å². The molecule has 35 heavy (non-hydrogen) atoms. The van der Waals surface area contributed by atoms with Gasteiger partial charge < -0.3 is 20.5 Å². The van der Waals surface area contributed by atoms with E-state index in [1.807, 2.05) is 13.8 Å². The molecule has 1 aliphatic rings. The molecule has 0 radical (unpaired) electrons. The summed E-state index contributed by atoms with van der Waals surface area (Å²) in [7, 11) is -3.57. The van der Waals surface area contributed by atoms with E-state index in [2.05, 4.69) is 40.9 Å². The number of H-pyrrole nitrogens is 1. The molecule has 2 amide bonds. The van der Waals surface area contributed by atoms with Crippen molar-refractivity contribution >= 4 is 39.0 Å². The van der Waals surface area contributed by atoms with Gasteiger partial charge in [-0.15, -0.1) is 0 Å². The number of aromatic amines is 1. The summed E-state index contributed by atoms with van der Waals surface area (Å²) in [6.07, 6.45) is 1.67. The first-order chi connectivity index (χ1) is 16.5.